The molecule has 2 N–H and O–H groups in total. The van der Waals surface area contributed by atoms with Gasteiger partial charge in [0.05, 0.1) is 18.6 Å². The van der Waals surface area contributed by atoms with E-state index in [0.717, 1.165) is 5.56 Å². The third kappa shape index (κ3) is 2.20. The van der Waals surface area contributed by atoms with Crippen LogP contribution in [-0.4, -0.2) is 24.1 Å². The highest BCUT2D eigenvalue weighted by molar-refractivity contribution is 5.74. The molecule has 1 aromatic rings. The molecule has 0 aliphatic carbocycles. The minimum atomic E-state index is -0.178. The summed E-state index contributed by atoms with van der Waals surface area (Å²) in [4.78, 5) is 15.7. The molecule has 0 spiro atoms. The van der Waals surface area contributed by atoms with Crippen molar-refractivity contribution in [3.63, 3.8) is 0 Å². The maximum atomic E-state index is 11.7. The van der Waals surface area contributed by atoms with E-state index in [9.17, 15) is 4.79 Å². The molecular weight excluding hydrogens is 206 g/mol. The number of carbonyl (C=O) groups is 1. The van der Waals surface area contributed by atoms with Crippen LogP contribution in [0.25, 0.3) is 0 Å². The molecule has 16 heavy (non-hydrogen) atoms. The first-order chi connectivity index (χ1) is 7.83. The molecule has 5 nitrogen and oxygen atoms in total. The highest BCUT2D eigenvalue weighted by atomic mass is 16.5. The Hall–Kier alpha value is -1.46. The van der Waals surface area contributed by atoms with Crippen LogP contribution in [0.5, 0.6) is 0 Å². The zero-order valence-electron chi connectivity index (χ0n) is 9.14. The normalized spacial score (nSPS) is 24.3. The summed E-state index contributed by atoms with van der Waals surface area (Å²) in [5.41, 5.74) is 7.11. The van der Waals surface area contributed by atoms with Crippen molar-refractivity contribution in [1.82, 2.24) is 15.8 Å². The van der Waals surface area contributed by atoms with Crippen LogP contribution >= 0.6 is 0 Å². The number of carbonyl (C=O) groups excluding carboxylic acids is 1. The summed E-state index contributed by atoms with van der Waals surface area (Å²) >= 11 is 0. The van der Waals surface area contributed by atoms with Gasteiger partial charge in [0.2, 0.25) is 0 Å². The maximum absolute atomic E-state index is 11.7. The minimum Gasteiger partial charge on any atom is -0.466 e. The Bertz CT molecular complexity index is 356. The Morgan fingerprint density at radius 3 is 3.00 bits per heavy atom. The number of nitrogens with one attached hydrogen (secondary N) is 2. The largest absolute Gasteiger partial charge is 0.466 e. The van der Waals surface area contributed by atoms with Crippen molar-refractivity contribution in [3.05, 3.63) is 30.1 Å². The van der Waals surface area contributed by atoms with Crippen LogP contribution in [0.3, 0.4) is 0 Å². The second kappa shape index (κ2) is 5.05. The quantitative estimate of drug-likeness (QED) is 0.724. The van der Waals surface area contributed by atoms with Gasteiger partial charge < -0.3 is 4.74 Å². The van der Waals surface area contributed by atoms with Gasteiger partial charge in [-0.05, 0) is 24.6 Å². The lowest BCUT2D eigenvalue weighted by Crippen LogP contribution is -2.27. The van der Waals surface area contributed by atoms with Gasteiger partial charge in [0.15, 0.2) is 0 Å². The lowest BCUT2D eigenvalue weighted by atomic mass is 9.96. The molecule has 0 radical (unpaired) electrons. The van der Waals surface area contributed by atoms with Crippen LogP contribution in [0.4, 0.5) is 0 Å². The van der Waals surface area contributed by atoms with E-state index in [1.807, 2.05) is 19.1 Å². The van der Waals surface area contributed by atoms with Crippen molar-refractivity contribution in [2.24, 2.45) is 5.92 Å². The minimum absolute atomic E-state index is 0.0398. The average molecular weight is 221 g/mol. The summed E-state index contributed by atoms with van der Waals surface area (Å²) in [5, 5.41) is 0. The molecule has 86 valence electrons. The molecule has 2 unspecified atom stereocenters. The van der Waals surface area contributed by atoms with E-state index in [1.165, 1.54) is 0 Å². The molecule has 5 heteroatoms. The molecule has 1 aromatic heterocycles. The van der Waals surface area contributed by atoms with Gasteiger partial charge >= 0.3 is 5.97 Å². The Morgan fingerprint density at radius 1 is 1.56 bits per heavy atom. The molecule has 2 rings (SSSR count). The van der Waals surface area contributed by atoms with Crippen LogP contribution in [0.1, 0.15) is 18.5 Å². The van der Waals surface area contributed by atoms with E-state index in [1.54, 1.807) is 12.4 Å². The van der Waals surface area contributed by atoms with Gasteiger partial charge in [0, 0.05) is 18.9 Å². The van der Waals surface area contributed by atoms with E-state index in [-0.39, 0.29) is 17.9 Å². The molecule has 0 amide bonds. The average Bonchev–Trinajstić information content (AvgIpc) is 2.79. The molecule has 1 saturated heterocycles. The number of hydrogen-bond acceptors (Lipinski definition) is 5. The zero-order chi connectivity index (χ0) is 11.4. The van der Waals surface area contributed by atoms with E-state index >= 15 is 0 Å². The topological polar surface area (TPSA) is 63.2 Å². The summed E-state index contributed by atoms with van der Waals surface area (Å²) < 4.78 is 5.04. The fourth-order valence-corrected chi connectivity index (χ4v) is 1.85. The van der Waals surface area contributed by atoms with Gasteiger partial charge in [-0.2, -0.15) is 0 Å². The second-order valence-electron chi connectivity index (χ2n) is 3.64. The van der Waals surface area contributed by atoms with Crippen molar-refractivity contribution in [1.29, 1.82) is 0 Å². The number of rotatable bonds is 3. The Labute approximate surface area is 94.2 Å². The van der Waals surface area contributed by atoms with E-state index in [2.05, 4.69) is 15.8 Å². The Kier molecular flexibility index (Phi) is 3.48. The lowest BCUT2D eigenvalue weighted by molar-refractivity contribution is -0.147. The van der Waals surface area contributed by atoms with Crippen molar-refractivity contribution in [2.75, 3.05) is 13.2 Å². The molecule has 1 aliphatic heterocycles. The molecular formula is C11H15N3O2. The standard InChI is InChI=1S/C11H15N3O2/c1-2-16-11(15)9-7-13-14-10(9)8-3-5-12-6-4-8/h3-6,9-10,13-14H,2,7H2,1H3. The summed E-state index contributed by atoms with van der Waals surface area (Å²) in [6, 6.07) is 3.76. The van der Waals surface area contributed by atoms with Crippen molar-refractivity contribution >= 4 is 5.97 Å². The summed E-state index contributed by atoms with van der Waals surface area (Å²) in [6.07, 6.45) is 3.44. The van der Waals surface area contributed by atoms with Gasteiger partial charge in [-0.25, -0.2) is 5.43 Å². The van der Waals surface area contributed by atoms with Gasteiger partial charge in [-0.15, -0.1) is 0 Å². The predicted octanol–water partition coefficient (Wildman–Crippen LogP) is 0.410. The van der Waals surface area contributed by atoms with Crippen molar-refractivity contribution < 1.29 is 9.53 Å². The fraction of sp³-hybridized carbons (Fsp3) is 0.455. The fourth-order valence-electron chi connectivity index (χ4n) is 1.85. The number of pyridine rings is 1. The van der Waals surface area contributed by atoms with Gasteiger partial charge in [-0.1, -0.05) is 0 Å². The molecule has 1 aliphatic rings. The first kappa shape index (κ1) is 11.0. The van der Waals surface area contributed by atoms with Gasteiger partial charge in [0.25, 0.3) is 0 Å². The summed E-state index contributed by atoms with van der Waals surface area (Å²) in [6.45, 7) is 2.82. The van der Waals surface area contributed by atoms with Crippen LogP contribution in [0.15, 0.2) is 24.5 Å². The number of hydrazine groups is 1. The second-order valence-corrected chi connectivity index (χ2v) is 3.64. The molecule has 0 saturated carbocycles. The highest BCUT2D eigenvalue weighted by Gasteiger charge is 2.34. The van der Waals surface area contributed by atoms with Crippen molar-refractivity contribution in [3.8, 4) is 0 Å². The van der Waals surface area contributed by atoms with E-state index < -0.39 is 0 Å². The smallest absolute Gasteiger partial charge is 0.312 e. The Morgan fingerprint density at radius 2 is 2.31 bits per heavy atom. The number of ether oxygens (including phenoxy) is 1. The lowest BCUT2D eigenvalue weighted by Gasteiger charge is -2.16. The number of nitrogens with zero attached hydrogens (tertiary/aromatic N) is 1. The van der Waals surface area contributed by atoms with E-state index in [0.29, 0.717) is 13.2 Å². The molecule has 0 bridgehead atoms. The van der Waals surface area contributed by atoms with Gasteiger partial charge in [-0.3, -0.25) is 15.2 Å². The van der Waals surface area contributed by atoms with Crippen molar-refractivity contribution in [2.45, 2.75) is 13.0 Å². The third-order valence-electron chi connectivity index (χ3n) is 2.64. The Balaban J connectivity index is 2.12. The molecule has 1 fully saturated rings. The first-order valence-corrected chi connectivity index (χ1v) is 5.38. The first-order valence-electron chi connectivity index (χ1n) is 5.38. The molecule has 2 atom stereocenters. The predicted molar refractivity (Wildman–Crippen MR) is 58.2 cm³/mol. The van der Waals surface area contributed by atoms with Crippen LogP contribution < -0.4 is 10.9 Å². The highest BCUT2D eigenvalue weighted by Crippen LogP contribution is 2.25. The zero-order valence-corrected chi connectivity index (χ0v) is 9.14. The maximum Gasteiger partial charge on any atom is 0.312 e. The summed E-state index contributed by atoms with van der Waals surface area (Å²) in [7, 11) is 0. The van der Waals surface area contributed by atoms with Crippen LogP contribution in [0, 0.1) is 5.92 Å². The molecule has 2 heterocycles. The monoisotopic (exact) mass is 221 g/mol. The number of hydrogen-bond donors (Lipinski definition) is 2. The van der Waals surface area contributed by atoms with Crippen LogP contribution in [0.2, 0.25) is 0 Å². The number of aromatic nitrogens is 1. The van der Waals surface area contributed by atoms with Gasteiger partial charge in [0.1, 0.15) is 0 Å². The molecule has 0 aromatic carbocycles. The SMILES string of the molecule is CCOC(=O)C1CNNC1c1ccncc1. The van der Waals surface area contributed by atoms with Crippen LogP contribution in [-0.2, 0) is 9.53 Å². The van der Waals surface area contributed by atoms with E-state index in [4.69, 9.17) is 4.74 Å². The summed E-state index contributed by atoms with van der Waals surface area (Å²) in [5.74, 6) is -0.343. The third-order valence-corrected chi connectivity index (χ3v) is 2.64. The number of esters is 1.